The quantitative estimate of drug-likeness (QED) is 0.116. The van der Waals surface area contributed by atoms with Gasteiger partial charge in [-0.2, -0.15) is 0 Å². The fraction of sp³-hybridized carbons (Fsp3) is 0.694. The van der Waals surface area contributed by atoms with Crippen molar-refractivity contribution in [3.8, 4) is 0 Å². The molecule has 0 bridgehead atoms. The SMILES string of the molecule is CCCCCCCCC1CCC2C3CC=C4CC(OC(=O)/C(Br)=C/c5ccccc5)CCC4(C)C3CCC12C. The van der Waals surface area contributed by atoms with Crippen molar-refractivity contribution in [3.05, 3.63) is 52.0 Å². The molecule has 214 valence electrons. The molecule has 0 N–H and O–H groups in total. The lowest BCUT2D eigenvalue weighted by molar-refractivity contribution is -0.145. The lowest BCUT2D eigenvalue weighted by Crippen LogP contribution is -2.50. The summed E-state index contributed by atoms with van der Waals surface area (Å²) >= 11 is 3.47. The van der Waals surface area contributed by atoms with Crippen LogP contribution >= 0.6 is 15.9 Å². The summed E-state index contributed by atoms with van der Waals surface area (Å²) in [6, 6.07) is 9.95. The third-order valence-corrected chi connectivity index (χ3v) is 12.3. The summed E-state index contributed by atoms with van der Waals surface area (Å²) in [7, 11) is 0. The molecule has 0 radical (unpaired) electrons. The number of halogens is 1. The molecule has 1 aromatic carbocycles. The largest absolute Gasteiger partial charge is 0.458 e. The highest BCUT2D eigenvalue weighted by atomic mass is 79.9. The minimum absolute atomic E-state index is 0.00728. The van der Waals surface area contributed by atoms with Gasteiger partial charge in [0.2, 0.25) is 0 Å². The predicted octanol–water partition coefficient (Wildman–Crippen LogP) is 10.7. The summed E-state index contributed by atoms with van der Waals surface area (Å²) in [5, 5.41) is 0. The van der Waals surface area contributed by atoms with Crippen molar-refractivity contribution in [1.29, 1.82) is 0 Å². The van der Waals surface area contributed by atoms with Crippen LogP contribution in [-0.4, -0.2) is 12.1 Å². The molecule has 2 nitrogen and oxygen atoms in total. The molecule has 0 saturated heterocycles. The number of ether oxygens (including phenoxy) is 1. The van der Waals surface area contributed by atoms with Gasteiger partial charge in [0.05, 0.1) is 0 Å². The summed E-state index contributed by atoms with van der Waals surface area (Å²) in [4.78, 5) is 12.9. The topological polar surface area (TPSA) is 26.3 Å². The van der Waals surface area contributed by atoms with Crippen LogP contribution in [0.25, 0.3) is 6.08 Å². The van der Waals surface area contributed by atoms with E-state index in [0.717, 1.165) is 48.5 Å². The van der Waals surface area contributed by atoms with Crippen LogP contribution in [0.5, 0.6) is 0 Å². The number of esters is 1. The average molecular weight is 596 g/mol. The van der Waals surface area contributed by atoms with E-state index >= 15 is 0 Å². The lowest BCUT2D eigenvalue weighted by atomic mass is 9.47. The maximum Gasteiger partial charge on any atom is 0.345 e. The van der Waals surface area contributed by atoms with Crippen LogP contribution in [0.4, 0.5) is 0 Å². The molecule has 0 spiro atoms. The van der Waals surface area contributed by atoms with Gasteiger partial charge in [-0.25, -0.2) is 4.79 Å². The van der Waals surface area contributed by atoms with Gasteiger partial charge in [-0.3, -0.25) is 0 Å². The van der Waals surface area contributed by atoms with E-state index in [1.807, 2.05) is 36.4 Å². The molecule has 3 heteroatoms. The maximum atomic E-state index is 12.9. The molecular weight excluding hydrogens is 544 g/mol. The average Bonchev–Trinajstić information content (AvgIpc) is 3.27. The summed E-state index contributed by atoms with van der Waals surface area (Å²) in [5.41, 5.74) is 3.45. The second-order valence-corrected chi connectivity index (χ2v) is 14.7. The van der Waals surface area contributed by atoms with E-state index in [4.69, 9.17) is 4.74 Å². The lowest BCUT2D eigenvalue weighted by Gasteiger charge is -2.58. The Hall–Kier alpha value is -1.35. The van der Waals surface area contributed by atoms with Gasteiger partial charge in [0.25, 0.3) is 0 Å². The molecule has 0 heterocycles. The Bertz CT molecular complexity index is 1040. The Morgan fingerprint density at radius 2 is 1.74 bits per heavy atom. The zero-order valence-electron chi connectivity index (χ0n) is 24.7. The van der Waals surface area contributed by atoms with Crippen molar-refractivity contribution in [2.24, 2.45) is 34.5 Å². The summed E-state index contributed by atoms with van der Waals surface area (Å²) in [6.45, 7) is 7.55. The van der Waals surface area contributed by atoms with Crippen LogP contribution in [-0.2, 0) is 9.53 Å². The van der Waals surface area contributed by atoms with Crippen molar-refractivity contribution in [3.63, 3.8) is 0 Å². The van der Waals surface area contributed by atoms with E-state index in [9.17, 15) is 4.79 Å². The molecule has 4 aliphatic carbocycles. The first-order valence-corrected chi connectivity index (χ1v) is 17.0. The number of hydrogen-bond donors (Lipinski definition) is 0. The van der Waals surface area contributed by atoms with Crippen LogP contribution in [0.1, 0.15) is 123 Å². The molecule has 0 amide bonds. The van der Waals surface area contributed by atoms with Crippen molar-refractivity contribution < 1.29 is 9.53 Å². The molecule has 5 rings (SSSR count). The van der Waals surface area contributed by atoms with Crippen LogP contribution < -0.4 is 0 Å². The van der Waals surface area contributed by atoms with E-state index < -0.39 is 0 Å². The second kappa shape index (κ2) is 12.7. The molecule has 7 unspecified atom stereocenters. The highest BCUT2D eigenvalue weighted by Gasteiger charge is 2.58. The van der Waals surface area contributed by atoms with Crippen molar-refractivity contribution in [2.45, 2.75) is 123 Å². The summed E-state index contributed by atoms with van der Waals surface area (Å²) in [5.74, 6) is 3.28. The molecule has 0 aromatic heterocycles. The van der Waals surface area contributed by atoms with Gasteiger partial charge in [0.15, 0.2) is 0 Å². The highest BCUT2D eigenvalue weighted by molar-refractivity contribution is 9.12. The van der Waals surface area contributed by atoms with Gasteiger partial charge in [-0.15, -0.1) is 0 Å². The number of carbonyl (C=O) groups is 1. The Morgan fingerprint density at radius 3 is 2.54 bits per heavy atom. The molecule has 4 aliphatic rings. The third kappa shape index (κ3) is 6.14. The number of benzene rings is 1. The molecule has 0 aliphatic heterocycles. The predicted molar refractivity (Wildman–Crippen MR) is 166 cm³/mol. The van der Waals surface area contributed by atoms with Crippen LogP contribution in [0.15, 0.2) is 46.5 Å². The van der Waals surface area contributed by atoms with Gasteiger partial charge in [-0.05, 0) is 113 Å². The number of hydrogen-bond acceptors (Lipinski definition) is 2. The first-order valence-electron chi connectivity index (χ1n) is 16.2. The first-order chi connectivity index (χ1) is 18.8. The molecule has 7 atom stereocenters. The Morgan fingerprint density at radius 1 is 0.974 bits per heavy atom. The first kappa shape index (κ1) is 29.2. The zero-order chi connectivity index (χ0) is 27.5. The standard InChI is InChI=1S/C36H51BrO2/c1-4-5-6-7-8-12-15-27-17-19-31-30-18-16-28-25-29(20-22-36(28,3)32(30)21-23-35(27,31)2)39-34(38)33(37)24-26-13-10-9-11-14-26/h9-11,13-14,16,24,27,29-32H,4-8,12,15,17-23,25H2,1-3H3/b33-24-. The van der Waals surface area contributed by atoms with Crippen LogP contribution in [0.3, 0.4) is 0 Å². The molecule has 1 aromatic rings. The van der Waals surface area contributed by atoms with E-state index in [-0.39, 0.29) is 12.1 Å². The highest BCUT2D eigenvalue weighted by Crippen LogP contribution is 2.66. The molecule has 39 heavy (non-hydrogen) atoms. The van der Waals surface area contributed by atoms with Gasteiger partial charge < -0.3 is 4.74 Å². The number of carbonyl (C=O) groups excluding carboxylic acids is 1. The van der Waals surface area contributed by atoms with E-state index in [2.05, 4.69) is 42.8 Å². The van der Waals surface area contributed by atoms with E-state index in [1.165, 1.54) is 77.0 Å². The van der Waals surface area contributed by atoms with Crippen LogP contribution in [0.2, 0.25) is 0 Å². The zero-order valence-corrected chi connectivity index (χ0v) is 26.3. The minimum atomic E-state index is -0.238. The van der Waals surface area contributed by atoms with Crippen molar-refractivity contribution in [1.82, 2.24) is 0 Å². The Labute approximate surface area is 246 Å². The summed E-state index contributed by atoms with van der Waals surface area (Å²) in [6.07, 6.45) is 24.5. The van der Waals surface area contributed by atoms with Gasteiger partial charge >= 0.3 is 5.97 Å². The number of allylic oxidation sites excluding steroid dienone is 1. The molecular formula is C36H51BrO2. The maximum absolute atomic E-state index is 12.9. The van der Waals surface area contributed by atoms with Gasteiger partial charge in [0, 0.05) is 6.42 Å². The van der Waals surface area contributed by atoms with Crippen molar-refractivity contribution >= 4 is 28.0 Å². The van der Waals surface area contributed by atoms with Crippen molar-refractivity contribution in [2.75, 3.05) is 0 Å². The smallest absolute Gasteiger partial charge is 0.345 e. The fourth-order valence-corrected chi connectivity index (χ4v) is 9.80. The summed E-state index contributed by atoms with van der Waals surface area (Å²) < 4.78 is 6.53. The third-order valence-electron chi connectivity index (χ3n) is 11.7. The van der Waals surface area contributed by atoms with Crippen LogP contribution in [0, 0.1) is 34.5 Å². The normalized spacial score (nSPS) is 35.9. The fourth-order valence-electron chi connectivity index (χ4n) is 9.44. The molecule has 3 saturated carbocycles. The monoisotopic (exact) mass is 594 g/mol. The Kier molecular flexibility index (Phi) is 9.47. The second-order valence-electron chi connectivity index (χ2n) is 13.8. The number of unbranched alkanes of at least 4 members (excludes halogenated alkanes) is 5. The minimum Gasteiger partial charge on any atom is -0.458 e. The number of fused-ring (bicyclic) bond motifs is 5. The Balaban J connectivity index is 1.19. The van der Waals surface area contributed by atoms with E-state index in [1.54, 1.807) is 5.57 Å². The van der Waals surface area contributed by atoms with Gasteiger partial charge in [0.1, 0.15) is 10.6 Å². The molecule has 3 fully saturated rings. The van der Waals surface area contributed by atoms with E-state index in [0.29, 0.717) is 15.3 Å². The number of rotatable bonds is 10. The van der Waals surface area contributed by atoms with Gasteiger partial charge in [-0.1, -0.05) is 101 Å².